The summed E-state index contributed by atoms with van der Waals surface area (Å²) < 4.78 is 5.18. The van der Waals surface area contributed by atoms with Crippen molar-refractivity contribution in [1.29, 1.82) is 0 Å². The van der Waals surface area contributed by atoms with Crippen LogP contribution in [0.2, 0.25) is 10.2 Å². The average Bonchev–Trinajstić information content (AvgIpc) is 2.83. The second kappa shape index (κ2) is 5.34. The molecule has 94 valence electrons. The molecule has 0 saturated heterocycles. The third kappa shape index (κ3) is 2.61. The summed E-state index contributed by atoms with van der Waals surface area (Å²) in [5.41, 5.74) is 5.38. The van der Waals surface area contributed by atoms with Gasteiger partial charge in [-0.05, 0) is 12.1 Å². The van der Waals surface area contributed by atoms with Crippen molar-refractivity contribution in [2.45, 2.75) is 6.54 Å². The Morgan fingerprint density at radius 3 is 2.83 bits per heavy atom. The molecule has 0 atom stereocenters. The van der Waals surface area contributed by atoms with Crippen molar-refractivity contribution in [3.05, 3.63) is 40.2 Å². The summed E-state index contributed by atoms with van der Waals surface area (Å²) in [7, 11) is 0. The van der Waals surface area contributed by atoms with Gasteiger partial charge in [0, 0.05) is 0 Å². The van der Waals surface area contributed by atoms with Crippen LogP contribution < -0.4 is 11.1 Å². The third-order valence-corrected chi connectivity index (χ3v) is 2.81. The van der Waals surface area contributed by atoms with Crippen LogP contribution in [0.25, 0.3) is 0 Å². The van der Waals surface area contributed by atoms with E-state index in [1.807, 2.05) is 0 Å². The minimum absolute atomic E-state index is 0.0593. The Morgan fingerprint density at radius 1 is 1.39 bits per heavy atom. The van der Waals surface area contributed by atoms with Gasteiger partial charge in [0.05, 0.1) is 6.54 Å². The number of carbonyl (C=O) groups is 1. The van der Waals surface area contributed by atoms with E-state index in [0.29, 0.717) is 5.76 Å². The Morgan fingerprint density at radius 2 is 2.17 bits per heavy atom. The van der Waals surface area contributed by atoms with Crippen LogP contribution in [0.5, 0.6) is 0 Å². The van der Waals surface area contributed by atoms with E-state index in [0.717, 1.165) is 0 Å². The molecule has 6 nitrogen and oxygen atoms in total. The zero-order chi connectivity index (χ0) is 13.1. The quantitative estimate of drug-likeness (QED) is 0.843. The summed E-state index contributed by atoms with van der Waals surface area (Å²) in [4.78, 5) is 19.3. The monoisotopic (exact) mass is 286 g/mol. The van der Waals surface area contributed by atoms with Crippen molar-refractivity contribution in [2.24, 2.45) is 5.73 Å². The van der Waals surface area contributed by atoms with Gasteiger partial charge >= 0.3 is 0 Å². The lowest BCUT2D eigenvalue weighted by molar-refractivity contribution is 0.0994. The van der Waals surface area contributed by atoms with Gasteiger partial charge in [-0.2, -0.15) is 0 Å². The largest absolute Gasteiger partial charge is 0.455 e. The molecule has 2 heterocycles. The Labute approximate surface area is 112 Å². The van der Waals surface area contributed by atoms with Crippen molar-refractivity contribution >= 4 is 34.9 Å². The topological polar surface area (TPSA) is 94.0 Å². The molecule has 18 heavy (non-hydrogen) atoms. The molecule has 2 aromatic heterocycles. The summed E-state index contributed by atoms with van der Waals surface area (Å²) in [6.07, 6.45) is 1.19. The van der Waals surface area contributed by atoms with Gasteiger partial charge in [0.15, 0.2) is 16.7 Å². The summed E-state index contributed by atoms with van der Waals surface area (Å²) >= 11 is 11.5. The highest BCUT2D eigenvalue weighted by atomic mass is 35.5. The van der Waals surface area contributed by atoms with E-state index < -0.39 is 5.91 Å². The van der Waals surface area contributed by atoms with Gasteiger partial charge < -0.3 is 15.5 Å². The molecule has 0 aliphatic rings. The van der Waals surface area contributed by atoms with E-state index >= 15 is 0 Å². The molecule has 0 aliphatic heterocycles. The molecule has 0 saturated carbocycles. The van der Waals surface area contributed by atoms with E-state index in [1.54, 1.807) is 6.07 Å². The number of hydrogen-bond acceptors (Lipinski definition) is 5. The van der Waals surface area contributed by atoms with Crippen LogP contribution in [0.4, 0.5) is 5.82 Å². The number of carbonyl (C=O) groups excluding carboxylic acids is 1. The molecule has 0 aromatic carbocycles. The van der Waals surface area contributed by atoms with Crippen LogP contribution in [-0.2, 0) is 6.54 Å². The molecular formula is C10H8Cl2N4O2. The van der Waals surface area contributed by atoms with Crippen LogP contribution in [0, 0.1) is 0 Å². The van der Waals surface area contributed by atoms with Crippen molar-refractivity contribution in [1.82, 2.24) is 9.97 Å². The average molecular weight is 287 g/mol. The zero-order valence-corrected chi connectivity index (χ0v) is 10.5. The maximum atomic E-state index is 11.8. The van der Waals surface area contributed by atoms with Crippen molar-refractivity contribution in [2.75, 3.05) is 5.32 Å². The first-order chi connectivity index (χ1) is 8.61. The van der Waals surface area contributed by atoms with Crippen LogP contribution in [0.1, 0.15) is 16.3 Å². The van der Waals surface area contributed by atoms with Crippen LogP contribution >= 0.6 is 23.2 Å². The van der Waals surface area contributed by atoms with Gasteiger partial charge in [0.2, 0.25) is 0 Å². The molecule has 0 radical (unpaired) electrons. The zero-order valence-electron chi connectivity index (χ0n) is 8.98. The van der Waals surface area contributed by atoms with E-state index in [1.165, 1.54) is 12.4 Å². The summed E-state index contributed by atoms with van der Waals surface area (Å²) in [5.74, 6) is 0.243. The van der Waals surface area contributed by atoms with E-state index in [2.05, 4.69) is 15.3 Å². The van der Waals surface area contributed by atoms with Crippen molar-refractivity contribution in [3.63, 3.8) is 0 Å². The van der Waals surface area contributed by atoms with Crippen molar-refractivity contribution in [3.8, 4) is 0 Å². The molecule has 0 bridgehead atoms. The maximum Gasteiger partial charge on any atom is 0.292 e. The molecular weight excluding hydrogens is 279 g/mol. The lowest BCUT2D eigenvalue weighted by atomic mass is 10.4. The standard InChI is InChI=1S/C10H8Cl2N4O2/c11-7-8(12)14-4-15-9(7)16-10(17)6-2-1-5(3-13)18-6/h1-2,4H,3,13H2,(H,14,15,16,17). The lowest BCUT2D eigenvalue weighted by Gasteiger charge is -2.04. The fourth-order valence-electron chi connectivity index (χ4n) is 1.21. The van der Waals surface area contributed by atoms with Gasteiger partial charge in [-0.3, -0.25) is 4.79 Å². The molecule has 0 unspecified atom stereocenters. The second-order valence-corrected chi connectivity index (χ2v) is 3.99. The first kappa shape index (κ1) is 12.8. The smallest absolute Gasteiger partial charge is 0.292 e. The third-order valence-electron chi connectivity index (χ3n) is 2.07. The minimum atomic E-state index is -0.494. The molecule has 1 amide bonds. The summed E-state index contributed by atoms with van der Waals surface area (Å²) in [6.45, 7) is 0.216. The summed E-state index contributed by atoms with van der Waals surface area (Å²) in [6, 6.07) is 3.12. The molecule has 0 spiro atoms. The number of anilines is 1. The van der Waals surface area contributed by atoms with Gasteiger partial charge in [0.25, 0.3) is 5.91 Å². The van der Waals surface area contributed by atoms with Crippen LogP contribution in [-0.4, -0.2) is 15.9 Å². The first-order valence-electron chi connectivity index (χ1n) is 4.88. The number of amides is 1. The number of halogens is 2. The van der Waals surface area contributed by atoms with Gasteiger partial charge in [-0.1, -0.05) is 23.2 Å². The molecule has 2 rings (SSSR count). The number of hydrogen-bond donors (Lipinski definition) is 2. The molecule has 2 aromatic rings. The molecule has 0 fully saturated rings. The predicted molar refractivity (Wildman–Crippen MR) is 66.6 cm³/mol. The van der Waals surface area contributed by atoms with Gasteiger partial charge in [0.1, 0.15) is 17.1 Å². The van der Waals surface area contributed by atoms with Crippen LogP contribution in [0.15, 0.2) is 22.9 Å². The molecule has 0 aliphatic carbocycles. The number of furan rings is 1. The predicted octanol–water partition coefficient (Wildman–Crippen LogP) is 2.09. The Hall–Kier alpha value is -1.63. The second-order valence-electron chi connectivity index (χ2n) is 3.25. The molecule has 8 heteroatoms. The normalized spacial score (nSPS) is 10.4. The van der Waals surface area contributed by atoms with Crippen LogP contribution in [0.3, 0.4) is 0 Å². The highest BCUT2D eigenvalue weighted by Gasteiger charge is 2.15. The van der Waals surface area contributed by atoms with Crippen molar-refractivity contribution < 1.29 is 9.21 Å². The summed E-state index contributed by atoms with van der Waals surface area (Å²) in [5, 5.41) is 2.59. The molecule has 3 N–H and O–H groups in total. The Balaban J connectivity index is 2.18. The number of aromatic nitrogens is 2. The fourth-order valence-corrected chi connectivity index (χ4v) is 1.49. The minimum Gasteiger partial charge on any atom is -0.455 e. The number of nitrogens with one attached hydrogen (secondary N) is 1. The Kier molecular flexibility index (Phi) is 3.81. The first-order valence-corrected chi connectivity index (χ1v) is 5.63. The number of rotatable bonds is 3. The lowest BCUT2D eigenvalue weighted by Crippen LogP contribution is -2.12. The number of nitrogens with zero attached hydrogens (tertiary/aromatic N) is 2. The van der Waals surface area contributed by atoms with Gasteiger partial charge in [-0.15, -0.1) is 0 Å². The van der Waals surface area contributed by atoms with Gasteiger partial charge in [-0.25, -0.2) is 9.97 Å². The van der Waals surface area contributed by atoms with E-state index in [-0.39, 0.29) is 28.3 Å². The fraction of sp³-hybridized carbons (Fsp3) is 0.100. The van der Waals surface area contributed by atoms with E-state index in [4.69, 9.17) is 33.4 Å². The maximum absolute atomic E-state index is 11.8. The highest BCUT2D eigenvalue weighted by Crippen LogP contribution is 2.25. The number of nitrogens with two attached hydrogens (primary N) is 1. The SMILES string of the molecule is NCc1ccc(C(=O)Nc2ncnc(Cl)c2Cl)o1. The Bertz CT molecular complexity index is 585. The highest BCUT2D eigenvalue weighted by molar-refractivity contribution is 6.43. The van der Waals surface area contributed by atoms with E-state index in [9.17, 15) is 4.79 Å².